The van der Waals surface area contributed by atoms with Gasteiger partial charge in [-0.15, -0.1) is 0 Å². The van der Waals surface area contributed by atoms with Gasteiger partial charge in [0.25, 0.3) is 0 Å². The third-order valence-electron chi connectivity index (χ3n) is 13.9. The summed E-state index contributed by atoms with van der Waals surface area (Å²) in [5.41, 5.74) is 23.8. The number of fused-ring (bicyclic) bond motifs is 6. The molecule has 0 atom stereocenters. The van der Waals surface area contributed by atoms with Gasteiger partial charge >= 0.3 is 0 Å². The Kier molecular flexibility index (Phi) is 10.6. The Balaban J connectivity index is 1.03. The monoisotopic (exact) mass is 837 g/mol. The highest BCUT2D eigenvalue weighted by atomic mass is 15.1. The van der Waals surface area contributed by atoms with Crippen molar-refractivity contribution in [2.24, 2.45) is 0 Å². The van der Waals surface area contributed by atoms with Crippen LogP contribution in [0.5, 0.6) is 0 Å². The lowest BCUT2D eigenvalue weighted by atomic mass is 9.81. The number of anilines is 3. The van der Waals surface area contributed by atoms with Crippen molar-refractivity contribution in [3.05, 3.63) is 258 Å². The van der Waals surface area contributed by atoms with Crippen LogP contribution in [0.4, 0.5) is 17.1 Å². The molecule has 0 bridgehead atoms. The Morgan fingerprint density at radius 1 is 0.462 bits per heavy atom. The summed E-state index contributed by atoms with van der Waals surface area (Å²) >= 11 is 0. The first-order valence-electron chi connectivity index (χ1n) is 23.0. The average Bonchev–Trinajstić information content (AvgIpc) is 3.71. The van der Waals surface area contributed by atoms with E-state index in [-0.39, 0.29) is 10.8 Å². The molecule has 0 fully saturated rings. The molecule has 2 aliphatic carbocycles. The molecule has 0 amide bonds. The second-order valence-electron chi connectivity index (χ2n) is 18.6. The highest BCUT2D eigenvalue weighted by molar-refractivity contribution is 5.93. The Morgan fingerprint density at radius 2 is 1.02 bits per heavy atom. The summed E-state index contributed by atoms with van der Waals surface area (Å²) in [7, 11) is 0. The molecule has 0 radical (unpaired) electrons. The second kappa shape index (κ2) is 16.6. The Bertz CT molecular complexity index is 3210. The fraction of sp³-hybridized carbons (Fsp3) is 0.125. The van der Waals surface area contributed by atoms with Crippen LogP contribution in [-0.4, -0.2) is 0 Å². The van der Waals surface area contributed by atoms with Gasteiger partial charge in [-0.2, -0.15) is 0 Å². The molecular formula is C64H55N. The third-order valence-corrected chi connectivity index (χ3v) is 13.9. The molecule has 0 aliphatic heterocycles. The summed E-state index contributed by atoms with van der Waals surface area (Å²) in [6.07, 6.45) is 9.39. The number of nitrogens with zero attached hydrogens (tertiary/aromatic N) is 1. The molecule has 1 nitrogen and oxygen atoms in total. The predicted molar refractivity (Wildman–Crippen MR) is 279 cm³/mol. The van der Waals surface area contributed by atoms with Gasteiger partial charge in [-0.05, 0) is 138 Å². The number of benzene rings is 8. The minimum Gasteiger partial charge on any atom is -0.310 e. The van der Waals surface area contributed by atoms with Crippen molar-refractivity contribution < 1.29 is 0 Å². The van der Waals surface area contributed by atoms with Crippen LogP contribution in [0.3, 0.4) is 0 Å². The van der Waals surface area contributed by atoms with Gasteiger partial charge in [-0.3, -0.25) is 0 Å². The SMILES string of the molecule is C=C(/C=C\C=C/CC)c1ccccc1C(=C)c1ccc2c(c1)C(C)(C)c1cc(N(c3ccc(-c4ccc5c(c4)C(C)(C)c4ccccc4-5)cc3)c3ccccc3-c3ccccc3)ccc1-2. The maximum atomic E-state index is 4.68. The first-order valence-corrected chi connectivity index (χ1v) is 23.0. The van der Waals surface area contributed by atoms with Crippen LogP contribution in [0, 0.1) is 0 Å². The summed E-state index contributed by atoms with van der Waals surface area (Å²) < 4.78 is 0. The summed E-state index contributed by atoms with van der Waals surface area (Å²) in [6.45, 7) is 20.7. The van der Waals surface area contributed by atoms with Crippen LogP contribution >= 0.6 is 0 Å². The van der Waals surface area contributed by atoms with Gasteiger partial charge < -0.3 is 4.90 Å². The average molecular weight is 838 g/mol. The molecule has 0 saturated heterocycles. The first kappa shape index (κ1) is 41.5. The van der Waals surface area contributed by atoms with E-state index in [0.29, 0.717) is 0 Å². The second-order valence-corrected chi connectivity index (χ2v) is 18.6. The number of para-hydroxylation sites is 1. The Labute approximate surface area is 386 Å². The van der Waals surface area contributed by atoms with Crippen LogP contribution in [0.25, 0.3) is 55.7 Å². The Hall–Kier alpha value is -7.48. The number of rotatable bonds is 11. The molecule has 0 unspecified atom stereocenters. The minimum absolute atomic E-state index is 0.0550. The molecule has 316 valence electrons. The van der Waals surface area contributed by atoms with E-state index >= 15 is 0 Å². The number of hydrogen-bond acceptors (Lipinski definition) is 1. The predicted octanol–water partition coefficient (Wildman–Crippen LogP) is 17.7. The van der Waals surface area contributed by atoms with E-state index < -0.39 is 0 Å². The molecule has 0 saturated carbocycles. The lowest BCUT2D eigenvalue weighted by Gasteiger charge is -2.30. The van der Waals surface area contributed by atoms with Crippen molar-refractivity contribution in [2.75, 3.05) is 4.90 Å². The molecule has 0 N–H and O–H groups in total. The van der Waals surface area contributed by atoms with Crippen molar-refractivity contribution in [1.29, 1.82) is 0 Å². The summed E-state index contributed by atoms with van der Waals surface area (Å²) in [4.78, 5) is 2.44. The van der Waals surface area contributed by atoms with Crippen LogP contribution < -0.4 is 4.90 Å². The molecule has 8 aromatic carbocycles. The van der Waals surface area contributed by atoms with Crippen LogP contribution in [0.1, 0.15) is 80.0 Å². The highest BCUT2D eigenvalue weighted by Gasteiger charge is 2.37. The molecule has 0 spiro atoms. The van der Waals surface area contributed by atoms with Crippen LogP contribution in [0.15, 0.2) is 219 Å². The molecule has 0 heterocycles. The van der Waals surface area contributed by atoms with Gasteiger partial charge in [-0.1, -0.05) is 212 Å². The van der Waals surface area contributed by atoms with Gasteiger partial charge in [0.1, 0.15) is 0 Å². The van der Waals surface area contributed by atoms with Crippen LogP contribution in [-0.2, 0) is 10.8 Å². The normalized spacial score (nSPS) is 13.9. The zero-order chi connectivity index (χ0) is 44.9. The smallest absolute Gasteiger partial charge is 0.0540 e. The number of allylic oxidation sites excluding steroid dienone is 5. The third kappa shape index (κ3) is 7.22. The first-order chi connectivity index (χ1) is 31.6. The van der Waals surface area contributed by atoms with Gasteiger partial charge in [-0.25, -0.2) is 0 Å². The fourth-order valence-electron chi connectivity index (χ4n) is 10.4. The standard InChI is InChI=1S/C64H55N/c1-8-9-10-12-21-43(2)51-24-15-16-25-52(51)44(3)47-32-37-56-57-39-36-50(42-61(57)64(6,7)59(56)40-47)65(62-29-20-18-26-53(62)46-22-13-11-14-23-46)49-34-30-45(31-35-49)48-33-38-55-54-27-17-19-28-58(54)63(4,5)60(55)41-48/h9-42H,2-3,8H2,1,4-7H3/b10-9-,21-12-. The highest BCUT2D eigenvalue weighted by Crippen LogP contribution is 2.53. The summed E-state index contributed by atoms with van der Waals surface area (Å²) in [6, 6.07) is 67.0. The van der Waals surface area contributed by atoms with Crippen molar-refractivity contribution >= 4 is 28.2 Å². The molecule has 0 aromatic heterocycles. The van der Waals surface area contributed by atoms with Crippen molar-refractivity contribution in [2.45, 2.75) is 51.9 Å². The maximum absolute atomic E-state index is 4.68. The fourth-order valence-corrected chi connectivity index (χ4v) is 10.4. The molecule has 2 aliphatic rings. The summed E-state index contributed by atoms with van der Waals surface area (Å²) in [5, 5.41) is 0. The zero-order valence-electron chi connectivity index (χ0n) is 38.2. The largest absolute Gasteiger partial charge is 0.310 e. The topological polar surface area (TPSA) is 3.24 Å². The molecule has 1 heteroatoms. The maximum Gasteiger partial charge on any atom is 0.0540 e. The molecule has 65 heavy (non-hydrogen) atoms. The molecule has 8 aromatic rings. The van der Waals surface area contributed by atoms with Gasteiger partial charge in [0.15, 0.2) is 0 Å². The summed E-state index contributed by atoms with van der Waals surface area (Å²) in [5.74, 6) is 0. The van der Waals surface area contributed by atoms with E-state index in [1.807, 2.05) is 0 Å². The van der Waals surface area contributed by atoms with E-state index in [9.17, 15) is 0 Å². The van der Waals surface area contributed by atoms with E-state index in [0.717, 1.165) is 51.3 Å². The van der Waals surface area contributed by atoms with Gasteiger partial charge in [0.05, 0.1) is 5.69 Å². The van der Waals surface area contributed by atoms with Crippen molar-refractivity contribution in [3.63, 3.8) is 0 Å². The minimum atomic E-state index is -0.260. The van der Waals surface area contributed by atoms with Crippen molar-refractivity contribution in [3.8, 4) is 44.5 Å². The van der Waals surface area contributed by atoms with Crippen molar-refractivity contribution in [1.82, 2.24) is 0 Å². The van der Waals surface area contributed by atoms with Gasteiger partial charge in [0.2, 0.25) is 0 Å². The molecular weight excluding hydrogens is 783 g/mol. The van der Waals surface area contributed by atoms with Crippen LogP contribution in [0.2, 0.25) is 0 Å². The number of hydrogen-bond donors (Lipinski definition) is 0. The van der Waals surface area contributed by atoms with Gasteiger partial charge in [0, 0.05) is 27.8 Å². The van der Waals surface area contributed by atoms with E-state index in [4.69, 9.17) is 0 Å². The quantitative estimate of drug-likeness (QED) is 0.117. The van der Waals surface area contributed by atoms with E-state index in [1.54, 1.807) is 0 Å². The van der Waals surface area contributed by atoms with E-state index in [2.05, 4.69) is 259 Å². The lowest BCUT2D eigenvalue weighted by Crippen LogP contribution is -2.17. The lowest BCUT2D eigenvalue weighted by molar-refractivity contribution is 0.660. The Morgan fingerprint density at radius 3 is 1.77 bits per heavy atom. The zero-order valence-corrected chi connectivity index (χ0v) is 38.2. The van der Waals surface area contributed by atoms with E-state index in [1.165, 1.54) is 66.8 Å². The molecule has 10 rings (SSSR count).